The van der Waals surface area contributed by atoms with Crippen molar-refractivity contribution in [2.45, 2.75) is 39.0 Å². The number of carbonyl (C=O) groups excluding carboxylic acids is 1. The number of carbonyl (C=O) groups is 1. The third-order valence-corrected chi connectivity index (χ3v) is 3.47. The van der Waals surface area contributed by atoms with Gasteiger partial charge in [0, 0.05) is 19.7 Å². The summed E-state index contributed by atoms with van der Waals surface area (Å²) in [6.45, 7) is 4.91. The second-order valence-corrected chi connectivity index (χ2v) is 4.96. The van der Waals surface area contributed by atoms with Gasteiger partial charge in [-0.25, -0.2) is 0 Å². The molecule has 0 spiro atoms. The monoisotopic (exact) mass is 278 g/mol. The van der Waals surface area contributed by atoms with Gasteiger partial charge in [0.05, 0.1) is 5.92 Å². The Morgan fingerprint density at radius 2 is 2.28 bits per heavy atom. The summed E-state index contributed by atoms with van der Waals surface area (Å²) in [5.74, 6) is 0.738. The van der Waals surface area contributed by atoms with Crippen LogP contribution >= 0.6 is 12.4 Å². The minimum atomic E-state index is 0. The standard InChI is InChI=1S/C13H26N2O2.ClH/c1-2-4-11(6-8-16)9-15-13(17)12-5-3-7-14-10-12;/h11-12,14,16H,2-10H2,1H3,(H,15,17);1H/t11?,12-;/m1./s1. The Labute approximate surface area is 116 Å². The van der Waals surface area contributed by atoms with E-state index in [-0.39, 0.29) is 30.8 Å². The molecule has 0 bridgehead atoms. The van der Waals surface area contributed by atoms with Crippen LogP contribution in [0.5, 0.6) is 0 Å². The lowest BCUT2D eigenvalue weighted by Crippen LogP contribution is -2.42. The number of amides is 1. The van der Waals surface area contributed by atoms with E-state index >= 15 is 0 Å². The van der Waals surface area contributed by atoms with Crippen LogP contribution in [0.4, 0.5) is 0 Å². The minimum Gasteiger partial charge on any atom is -0.396 e. The number of halogens is 1. The Morgan fingerprint density at radius 3 is 2.83 bits per heavy atom. The molecule has 1 saturated heterocycles. The first-order valence-electron chi connectivity index (χ1n) is 6.87. The molecule has 1 fully saturated rings. The van der Waals surface area contributed by atoms with Crippen LogP contribution in [0.15, 0.2) is 0 Å². The van der Waals surface area contributed by atoms with Gasteiger partial charge in [-0.3, -0.25) is 4.79 Å². The van der Waals surface area contributed by atoms with Crippen LogP contribution < -0.4 is 10.6 Å². The molecule has 1 aliphatic heterocycles. The maximum atomic E-state index is 11.9. The van der Waals surface area contributed by atoms with Gasteiger partial charge in [0.2, 0.25) is 5.91 Å². The number of hydrogen-bond donors (Lipinski definition) is 3. The van der Waals surface area contributed by atoms with E-state index in [9.17, 15) is 4.79 Å². The number of aliphatic hydroxyl groups is 1. The van der Waals surface area contributed by atoms with Crippen molar-refractivity contribution in [1.29, 1.82) is 0 Å². The van der Waals surface area contributed by atoms with E-state index < -0.39 is 0 Å². The maximum Gasteiger partial charge on any atom is 0.224 e. The summed E-state index contributed by atoms with van der Waals surface area (Å²) >= 11 is 0. The number of nitrogens with one attached hydrogen (secondary N) is 2. The number of hydrogen-bond acceptors (Lipinski definition) is 3. The summed E-state index contributed by atoms with van der Waals surface area (Å²) in [6.07, 6.45) is 5.05. The van der Waals surface area contributed by atoms with Gasteiger partial charge >= 0.3 is 0 Å². The summed E-state index contributed by atoms with van der Waals surface area (Å²) in [7, 11) is 0. The van der Waals surface area contributed by atoms with Crippen molar-refractivity contribution in [2.24, 2.45) is 11.8 Å². The largest absolute Gasteiger partial charge is 0.396 e. The van der Waals surface area contributed by atoms with Gasteiger partial charge < -0.3 is 15.7 Å². The predicted molar refractivity (Wildman–Crippen MR) is 76.0 cm³/mol. The first-order valence-corrected chi connectivity index (χ1v) is 6.87. The Bertz CT molecular complexity index is 215. The van der Waals surface area contributed by atoms with Crippen molar-refractivity contribution in [1.82, 2.24) is 10.6 Å². The summed E-state index contributed by atoms with van der Waals surface area (Å²) in [5, 5.41) is 15.2. The zero-order chi connectivity index (χ0) is 12.5. The zero-order valence-electron chi connectivity index (χ0n) is 11.3. The van der Waals surface area contributed by atoms with Crippen molar-refractivity contribution in [3.8, 4) is 0 Å². The molecule has 2 atom stereocenters. The molecule has 0 aromatic heterocycles. The lowest BCUT2D eigenvalue weighted by atomic mass is 9.97. The van der Waals surface area contributed by atoms with Crippen LogP contribution in [0.1, 0.15) is 39.0 Å². The molecule has 5 heteroatoms. The fourth-order valence-corrected chi connectivity index (χ4v) is 2.40. The highest BCUT2D eigenvalue weighted by atomic mass is 35.5. The second kappa shape index (κ2) is 10.6. The molecule has 0 aliphatic carbocycles. The molecular formula is C13H27ClN2O2. The van der Waals surface area contributed by atoms with Crippen molar-refractivity contribution < 1.29 is 9.90 Å². The minimum absolute atomic E-state index is 0. The third-order valence-electron chi connectivity index (χ3n) is 3.47. The van der Waals surface area contributed by atoms with Gasteiger partial charge in [-0.15, -0.1) is 12.4 Å². The molecule has 0 saturated carbocycles. The predicted octanol–water partition coefficient (Wildman–Crippen LogP) is 1.32. The fourth-order valence-electron chi connectivity index (χ4n) is 2.40. The average molecular weight is 279 g/mol. The Morgan fingerprint density at radius 1 is 1.50 bits per heavy atom. The van der Waals surface area contributed by atoms with Crippen LogP contribution in [0.2, 0.25) is 0 Å². The van der Waals surface area contributed by atoms with E-state index in [0.29, 0.717) is 12.5 Å². The van der Waals surface area contributed by atoms with Gasteiger partial charge in [0.15, 0.2) is 0 Å². The lowest BCUT2D eigenvalue weighted by molar-refractivity contribution is -0.125. The molecule has 1 rings (SSSR count). The molecule has 1 aliphatic rings. The third kappa shape index (κ3) is 6.57. The molecule has 1 amide bonds. The normalized spacial score (nSPS) is 20.9. The number of aliphatic hydroxyl groups excluding tert-OH is 1. The quantitative estimate of drug-likeness (QED) is 0.658. The van der Waals surface area contributed by atoms with Crippen LogP contribution in [-0.2, 0) is 4.79 Å². The molecule has 0 aromatic carbocycles. The molecule has 3 N–H and O–H groups in total. The molecule has 4 nitrogen and oxygen atoms in total. The van der Waals surface area contributed by atoms with Crippen LogP contribution in [0.25, 0.3) is 0 Å². The van der Waals surface area contributed by atoms with Crippen molar-refractivity contribution in [3.63, 3.8) is 0 Å². The van der Waals surface area contributed by atoms with E-state index in [1.807, 2.05) is 0 Å². The maximum absolute atomic E-state index is 11.9. The summed E-state index contributed by atoms with van der Waals surface area (Å²) in [4.78, 5) is 11.9. The van der Waals surface area contributed by atoms with Crippen molar-refractivity contribution in [3.05, 3.63) is 0 Å². The van der Waals surface area contributed by atoms with E-state index in [1.54, 1.807) is 0 Å². The molecule has 108 valence electrons. The van der Waals surface area contributed by atoms with Crippen molar-refractivity contribution >= 4 is 18.3 Å². The van der Waals surface area contributed by atoms with E-state index in [4.69, 9.17) is 5.11 Å². The zero-order valence-corrected chi connectivity index (χ0v) is 12.1. The van der Waals surface area contributed by atoms with Crippen LogP contribution in [0, 0.1) is 11.8 Å². The highest BCUT2D eigenvalue weighted by Gasteiger charge is 2.21. The first kappa shape index (κ1) is 17.7. The molecule has 1 unspecified atom stereocenters. The highest BCUT2D eigenvalue weighted by Crippen LogP contribution is 2.12. The Hall–Kier alpha value is -0.320. The molecule has 18 heavy (non-hydrogen) atoms. The molecule has 1 heterocycles. The number of piperidine rings is 1. The van der Waals surface area contributed by atoms with Gasteiger partial charge in [0.1, 0.15) is 0 Å². The SMILES string of the molecule is CCCC(CCO)CNC(=O)[C@@H]1CCCNC1.Cl. The van der Waals surface area contributed by atoms with Gasteiger partial charge in [0.25, 0.3) is 0 Å². The van der Waals surface area contributed by atoms with Crippen LogP contribution in [-0.4, -0.2) is 37.3 Å². The smallest absolute Gasteiger partial charge is 0.224 e. The molecule has 0 aromatic rings. The fraction of sp³-hybridized carbons (Fsp3) is 0.923. The molecule has 0 radical (unpaired) electrons. The summed E-state index contributed by atoms with van der Waals surface area (Å²) in [6, 6.07) is 0. The van der Waals surface area contributed by atoms with Crippen molar-refractivity contribution in [2.75, 3.05) is 26.2 Å². The van der Waals surface area contributed by atoms with Gasteiger partial charge in [-0.05, 0) is 38.1 Å². The highest BCUT2D eigenvalue weighted by molar-refractivity contribution is 5.85. The topological polar surface area (TPSA) is 61.4 Å². The van der Waals surface area contributed by atoms with Gasteiger partial charge in [-0.1, -0.05) is 13.3 Å². The molecular weight excluding hydrogens is 252 g/mol. The Kier molecular flexibility index (Phi) is 10.4. The number of rotatable bonds is 7. The second-order valence-electron chi connectivity index (χ2n) is 4.96. The van der Waals surface area contributed by atoms with Gasteiger partial charge in [-0.2, -0.15) is 0 Å². The summed E-state index contributed by atoms with van der Waals surface area (Å²) in [5.41, 5.74) is 0. The summed E-state index contributed by atoms with van der Waals surface area (Å²) < 4.78 is 0. The lowest BCUT2D eigenvalue weighted by Gasteiger charge is -2.23. The van der Waals surface area contributed by atoms with E-state index in [0.717, 1.165) is 45.2 Å². The van der Waals surface area contributed by atoms with E-state index in [1.165, 1.54) is 0 Å². The Balaban J connectivity index is 0.00000289. The first-order chi connectivity index (χ1) is 8.27. The average Bonchev–Trinajstić information content (AvgIpc) is 2.37. The van der Waals surface area contributed by atoms with E-state index in [2.05, 4.69) is 17.6 Å². The van der Waals surface area contributed by atoms with Crippen LogP contribution in [0.3, 0.4) is 0 Å².